The minimum atomic E-state index is -0.906. The largest absolute Gasteiger partial charge is 0.379 e. The summed E-state index contributed by atoms with van der Waals surface area (Å²) in [5.41, 5.74) is 1.37. The van der Waals surface area contributed by atoms with Gasteiger partial charge < -0.3 is 10.1 Å². The molecular weight excluding hydrogens is 337 g/mol. The number of allylic oxidation sites excluding steroid dienone is 1. The molecular formula is C19H22FN3O3. The molecule has 0 aromatic heterocycles. The van der Waals surface area contributed by atoms with Crippen LogP contribution >= 0.6 is 0 Å². The Balaban J connectivity index is 1.70. The van der Waals surface area contributed by atoms with Crippen molar-refractivity contribution in [2.24, 2.45) is 10.9 Å². The van der Waals surface area contributed by atoms with Crippen LogP contribution in [0, 0.1) is 11.7 Å². The maximum absolute atomic E-state index is 13.7. The topological polar surface area (TPSA) is 71.0 Å². The molecule has 6 nitrogen and oxygen atoms in total. The van der Waals surface area contributed by atoms with Gasteiger partial charge in [-0.3, -0.25) is 14.5 Å². The number of benzene rings is 1. The molecule has 2 atom stereocenters. The van der Waals surface area contributed by atoms with Crippen LogP contribution < -0.4 is 5.32 Å². The van der Waals surface area contributed by atoms with Crippen LogP contribution in [0.3, 0.4) is 0 Å². The third-order valence-electron chi connectivity index (χ3n) is 4.55. The van der Waals surface area contributed by atoms with Crippen LogP contribution in [-0.4, -0.2) is 55.3 Å². The Bertz CT molecular complexity index is 741. The third-order valence-corrected chi connectivity index (χ3v) is 4.55. The second kappa shape index (κ2) is 8.33. The lowest BCUT2D eigenvalue weighted by atomic mass is 10.0. The number of amides is 2. The summed E-state index contributed by atoms with van der Waals surface area (Å²) in [6.07, 6.45) is 3.23. The number of rotatable bonds is 5. The van der Waals surface area contributed by atoms with Gasteiger partial charge in [0.05, 0.1) is 19.3 Å². The summed E-state index contributed by atoms with van der Waals surface area (Å²) in [6, 6.07) is 6.18. The van der Waals surface area contributed by atoms with E-state index < -0.39 is 17.7 Å². The fraction of sp³-hybridized carbons (Fsp3) is 0.421. The molecule has 2 aliphatic heterocycles. The average Bonchev–Trinajstić information content (AvgIpc) is 2.63. The SMILES string of the molecule is CC1=NC(=O)C(C(=O)NCC(c2cccc(F)c2)N2CCOCC2)C=C1. The van der Waals surface area contributed by atoms with Crippen LogP contribution in [-0.2, 0) is 14.3 Å². The Hall–Kier alpha value is -2.38. The lowest BCUT2D eigenvalue weighted by Crippen LogP contribution is -2.45. The van der Waals surface area contributed by atoms with Crippen molar-refractivity contribution in [2.45, 2.75) is 13.0 Å². The van der Waals surface area contributed by atoms with E-state index in [1.165, 1.54) is 12.1 Å². The summed E-state index contributed by atoms with van der Waals surface area (Å²) in [7, 11) is 0. The van der Waals surface area contributed by atoms with Gasteiger partial charge in [-0.25, -0.2) is 9.38 Å². The highest BCUT2D eigenvalue weighted by molar-refractivity contribution is 6.12. The molecule has 2 amide bonds. The van der Waals surface area contributed by atoms with E-state index >= 15 is 0 Å². The number of halogens is 1. The van der Waals surface area contributed by atoms with Crippen molar-refractivity contribution < 1.29 is 18.7 Å². The number of nitrogens with one attached hydrogen (secondary N) is 1. The summed E-state index contributed by atoms with van der Waals surface area (Å²) in [6.45, 7) is 4.57. The zero-order valence-electron chi connectivity index (χ0n) is 14.7. The molecule has 1 aromatic carbocycles. The number of carbonyl (C=O) groups is 2. The lowest BCUT2D eigenvalue weighted by molar-refractivity contribution is -0.131. The highest BCUT2D eigenvalue weighted by atomic mass is 19.1. The van der Waals surface area contributed by atoms with E-state index in [0.29, 0.717) is 32.0 Å². The van der Waals surface area contributed by atoms with E-state index in [9.17, 15) is 14.0 Å². The first-order valence-corrected chi connectivity index (χ1v) is 8.67. The number of aliphatic imine (C=N–C) groups is 1. The number of ether oxygens (including phenoxy) is 1. The minimum absolute atomic E-state index is 0.188. The standard InChI is InChI=1S/C19H22FN3O3/c1-13-5-6-16(19(25)22-13)18(24)21-12-17(23-7-9-26-10-8-23)14-3-2-4-15(20)11-14/h2-6,11,16-17H,7-10,12H2,1H3,(H,21,24). The van der Waals surface area contributed by atoms with Crippen LogP contribution in [0.25, 0.3) is 0 Å². The Kier molecular flexibility index (Phi) is 5.90. The summed E-state index contributed by atoms with van der Waals surface area (Å²) >= 11 is 0. The first-order valence-electron chi connectivity index (χ1n) is 8.67. The molecule has 1 aromatic rings. The zero-order chi connectivity index (χ0) is 18.5. The number of morpholine rings is 1. The lowest BCUT2D eigenvalue weighted by Gasteiger charge is -2.35. The monoisotopic (exact) mass is 359 g/mol. The first-order chi connectivity index (χ1) is 12.5. The van der Waals surface area contributed by atoms with Gasteiger partial charge in [-0.15, -0.1) is 0 Å². The van der Waals surface area contributed by atoms with Crippen molar-refractivity contribution in [3.05, 3.63) is 47.8 Å². The van der Waals surface area contributed by atoms with Crippen molar-refractivity contribution in [3.8, 4) is 0 Å². The number of hydrogen-bond donors (Lipinski definition) is 1. The highest BCUT2D eigenvalue weighted by Gasteiger charge is 2.28. The fourth-order valence-corrected chi connectivity index (χ4v) is 3.17. The van der Waals surface area contributed by atoms with Crippen molar-refractivity contribution in [1.29, 1.82) is 0 Å². The van der Waals surface area contributed by atoms with Crippen molar-refractivity contribution in [3.63, 3.8) is 0 Å². The van der Waals surface area contributed by atoms with Crippen molar-refractivity contribution in [2.75, 3.05) is 32.8 Å². The molecule has 0 saturated carbocycles. The molecule has 0 aliphatic carbocycles. The molecule has 0 bridgehead atoms. The second-order valence-corrected chi connectivity index (χ2v) is 6.39. The number of dihydropyridines is 1. The van der Waals surface area contributed by atoms with Crippen molar-refractivity contribution >= 4 is 17.5 Å². The first kappa shape index (κ1) is 18.4. The molecule has 3 rings (SSSR count). The van der Waals surface area contributed by atoms with E-state index in [0.717, 1.165) is 5.56 Å². The molecule has 1 saturated heterocycles. The molecule has 7 heteroatoms. The maximum Gasteiger partial charge on any atom is 0.262 e. The van der Waals surface area contributed by atoms with Crippen LogP contribution in [0.5, 0.6) is 0 Å². The van der Waals surface area contributed by atoms with Gasteiger partial charge in [-0.05, 0) is 30.7 Å². The molecule has 2 aliphatic rings. The second-order valence-electron chi connectivity index (χ2n) is 6.39. The molecule has 0 spiro atoms. The van der Waals surface area contributed by atoms with Gasteiger partial charge in [0.15, 0.2) is 0 Å². The maximum atomic E-state index is 13.7. The summed E-state index contributed by atoms with van der Waals surface area (Å²) < 4.78 is 19.1. The predicted octanol–water partition coefficient (Wildman–Crippen LogP) is 1.49. The number of hydrogen-bond acceptors (Lipinski definition) is 4. The quantitative estimate of drug-likeness (QED) is 0.809. The normalized spacial score (nSPS) is 22.0. The van der Waals surface area contributed by atoms with Gasteiger partial charge in [-0.1, -0.05) is 18.2 Å². The fourth-order valence-electron chi connectivity index (χ4n) is 3.17. The predicted molar refractivity (Wildman–Crippen MR) is 95.3 cm³/mol. The highest BCUT2D eigenvalue weighted by Crippen LogP contribution is 2.22. The van der Waals surface area contributed by atoms with Gasteiger partial charge in [0, 0.05) is 25.3 Å². The number of carbonyl (C=O) groups excluding carboxylic acids is 2. The molecule has 2 heterocycles. The van der Waals surface area contributed by atoms with Crippen LogP contribution in [0.4, 0.5) is 4.39 Å². The summed E-state index contributed by atoms with van der Waals surface area (Å²) in [4.78, 5) is 30.3. The molecule has 26 heavy (non-hydrogen) atoms. The van der Waals surface area contributed by atoms with E-state index in [1.54, 1.807) is 25.1 Å². The smallest absolute Gasteiger partial charge is 0.262 e. The Morgan fingerprint density at radius 1 is 1.42 bits per heavy atom. The Labute approximate surface area is 151 Å². The van der Waals surface area contributed by atoms with Gasteiger partial charge in [0.2, 0.25) is 5.91 Å². The van der Waals surface area contributed by atoms with Gasteiger partial charge in [0.25, 0.3) is 5.91 Å². The Morgan fingerprint density at radius 2 is 2.19 bits per heavy atom. The molecule has 1 fully saturated rings. The van der Waals surface area contributed by atoms with E-state index in [2.05, 4.69) is 15.2 Å². The molecule has 138 valence electrons. The van der Waals surface area contributed by atoms with Crippen LogP contribution in [0.15, 0.2) is 41.4 Å². The molecule has 2 unspecified atom stereocenters. The van der Waals surface area contributed by atoms with Gasteiger partial charge in [-0.2, -0.15) is 0 Å². The Morgan fingerprint density at radius 3 is 2.88 bits per heavy atom. The summed E-state index contributed by atoms with van der Waals surface area (Å²) in [5, 5.41) is 2.83. The minimum Gasteiger partial charge on any atom is -0.379 e. The molecule has 0 radical (unpaired) electrons. The third kappa shape index (κ3) is 4.42. The van der Waals surface area contributed by atoms with Gasteiger partial charge >= 0.3 is 0 Å². The average molecular weight is 359 g/mol. The van der Waals surface area contributed by atoms with E-state index in [4.69, 9.17) is 4.74 Å². The van der Waals surface area contributed by atoms with E-state index in [-0.39, 0.29) is 18.4 Å². The van der Waals surface area contributed by atoms with Crippen LogP contribution in [0.2, 0.25) is 0 Å². The molecule has 1 N–H and O–H groups in total. The summed E-state index contributed by atoms with van der Waals surface area (Å²) in [5.74, 6) is -2.08. The van der Waals surface area contributed by atoms with E-state index in [1.807, 2.05) is 6.07 Å². The number of nitrogens with zero attached hydrogens (tertiary/aromatic N) is 2. The zero-order valence-corrected chi connectivity index (χ0v) is 14.7. The van der Waals surface area contributed by atoms with Crippen LogP contribution in [0.1, 0.15) is 18.5 Å². The van der Waals surface area contributed by atoms with Crippen molar-refractivity contribution in [1.82, 2.24) is 10.2 Å². The van der Waals surface area contributed by atoms with Gasteiger partial charge in [0.1, 0.15) is 11.7 Å².